The number of nitrogens with zero attached hydrogens (tertiary/aromatic N) is 3. The van der Waals surface area contributed by atoms with Crippen LogP contribution in [-0.4, -0.2) is 35.5 Å². The van der Waals surface area contributed by atoms with Crippen LogP contribution in [0.4, 0.5) is 0 Å². The van der Waals surface area contributed by atoms with Crippen LogP contribution < -0.4 is 0 Å². The Morgan fingerprint density at radius 2 is 2.50 bits per heavy atom. The Morgan fingerprint density at radius 1 is 1.71 bits per heavy atom. The molecule has 1 fully saturated rings. The van der Waals surface area contributed by atoms with E-state index in [2.05, 4.69) is 23.0 Å². The van der Waals surface area contributed by atoms with Crippen molar-refractivity contribution in [1.82, 2.24) is 4.90 Å². The summed E-state index contributed by atoms with van der Waals surface area (Å²) in [7, 11) is 0. The zero-order chi connectivity index (χ0) is 10.4. The van der Waals surface area contributed by atoms with E-state index >= 15 is 0 Å². The maximum absolute atomic E-state index is 8.69. The molecule has 1 aliphatic heterocycles. The number of rotatable bonds is 3. The third kappa shape index (κ3) is 3.00. The number of hydrogen-bond donors (Lipinski definition) is 1. The lowest BCUT2D eigenvalue weighted by molar-refractivity contribution is 0.234. The Kier molecular flexibility index (Phi) is 4.41. The summed E-state index contributed by atoms with van der Waals surface area (Å²) < 4.78 is 0. The SMILES string of the molecule is CC1CN(CCCC#N)CCC1=NO. The summed E-state index contributed by atoms with van der Waals surface area (Å²) in [6.07, 6.45) is 2.42. The van der Waals surface area contributed by atoms with E-state index in [9.17, 15) is 0 Å². The van der Waals surface area contributed by atoms with Gasteiger partial charge in [-0.05, 0) is 13.0 Å². The van der Waals surface area contributed by atoms with E-state index < -0.39 is 0 Å². The van der Waals surface area contributed by atoms with Crippen LogP contribution >= 0.6 is 0 Å². The molecule has 1 rings (SSSR count). The lowest BCUT2D eigenvalue weighted by Crippen LogP contribution is -2.40. The Labute approximate surface area is 84.8 Å². The molecule has 0 aromatic rings. The van der Waals surface area contributed by atoms with E-state index in [0.29, 0.717) is 12.3 Å². The molecule has 0 saturated carbocycles. The maximum Gasteiger partial charge on any atom is 0.0624 e. The van der Waals surface area contributed by atoms with Crippen LogP contribution in [0.25, 0.3) is 0 Å². The predicted octanol–water partition coefficient (Wildman–Crippen LogP) is 1.46. The van der Waals surface area contributed by atoms with Crippen molar-refractivity contribution in [3.63, 3.8) is 0 Å². The second-order valence-corrected chi connectivity index (χ2v) is 3.80. The third-order valence-electron chi connectivity index (χ3n) is 2.68. The van der Waals surface area contributed by atoms with Crippen LogP contribution in [0, 0.1) is 17.2 Å². The Hall–Kier alpha value is -1.08. The summed E-state index contributed by atoms with van der Waals surface area (Å²) in [4.78, 5) is 2.33. The largest absolute Gasteiger partial charge is 0.411 e. The molecule has 1 atom stereocenters. The Balaban J connectivity index is 2.29. The van der Waals surface area contributed by atoms with Crippen LogP contribution in [0.3, 0.4) is 0 Å². The number of piperidine rings is 1. The van der Waals surface area contributed by atoms with E-state index in [1.165, 1.54) is 0 Å². The van der Waals surface area contributed by atoms with Crippen molar-refractivity contribution in [1.29, 1.82) is 5.26 Å². The van der Waals surface area contributed by atoms with E-state index in [-0.39, 0.29) is 0 Å². The number of unbranched alkanes of at least 4 members (excludes halogenated alkanes) is 1. The standard InChI is InChI=1S/C10H17N3O/c1-9-8-13(6-3-2-5-11)7-4-10(9)12-14/h9,14H,2-4,6-8H2,1H3. The highest BCUT2D eigenvalue weighted by Gasteiger charge is 2.21. The minimum atomic E-state index is 0.343. The number of hydrogen-bond acceptors (Lipinski definition) is 4. The van der Waals surface area contributed by atoms with Gasteiger partial charge in [0.25, 0.3) is 0 Å². The Bertz CT molecular complexity index is 244. The van der Waals surface area contributed by atoms with Crippen LogP contribution in [0.2, 0.25) is 0 Å². The van der Waals surface area contributed by atoms with Gasteiger partial charge < -0.3 is 10.1 Å². The Morgan fingerprint density at radius 3 is 3.07 bits per heavy atom. The fourth-order valence-electron chi connectivity index (χ4n) is 1.84. The van der Waals surface area contributed by atoms with E-state index in [1.54, 1.807) is 0 Å². The summed E-state index contributed by atoms with van der Waals surface area (Å²) in [5.41, 5.74) is 0.904. The lowest BCUT2D eigenvalue weighted by atomic mass is 9.97. The molecule has 4 nitrogen and oxygen atoms in total. The average molecular weight is 195 g/mol. The van der Waals surface area contributed by atoms with Crippen molar-refractivity contribution >= 4 is 5.71 Å². The molecule has 1 heterocycles. The van der Waals surface area contributed by atoms with E-state index in [0.717, 1.165) is 38.2 Å². The molecule has 1 unspecified atom stereocenters. The molecular weight excluding hydrogens is 178 g/mol. The number of nitriles is 1. The molecule has 0 radical (unpaired) electrons. The first-order valence-electron chi connectivity index (χ1n) is 5.08. The zero-order valence-corrected chi connectivity index (χ0v) is 8.61. The molecule has 0 aliphatic carbocycles. The van der Waals surface area contributed by atoms with Crippen molar-refractivity contribution in [2.75, 3.05) is 19.6 Å². The highest BCUT2D eigenvalue weighted by molar-refractivity contribution is 5.86. The van der Waals surface area contributed by atoms with Crippen LogP contribution in [0.5, 0.6) is 0 Å². The van der Waals surface area contributed by atoms with Crippen molar-refractivity contribution in [3.05, 3.63) is 0 Å². The predicted molar refractivity (Wildman–Crippen MR) is 54.3 cm³/mol. The molecule has 14 heavy (non-hydrogen) atoms. The molecule has 0 bridgehead atoms. The smallest absolute Gasteiger partial charge is 0.0624 e. The van der Waals surface area contributed by atoms with Crippen LogP contribution in [0.15, 0.2) is 5.16 Å². The fourth-order valence-corrected chi connectivity index (χ4v) is 1.84. The minimum Gasteiger partial charge on any atom is -0.411 e. The maximum atomic E-state index is 8.69. The highest BCUT2D eigenvalue weighted by Crippen LogP contribution is 2.13. The van der Waals surface area contributed by atoms with Gasteiger partial charge in [0, 0.05) is 31.8 Å². The molecule has 4 heteroatoms. The first kappa shape index (κ1) is 11.0. The molecule has 0 aromatic heterocycles. The molecule has 1 N–H and O–H groups in total. The van der Waals surface area contributed by atoms with Gasteiger partial charge in [0.1, 0.15) is 0 Å². The second kappa shape index (κ2) is 5.61. The highest BCUT2D eigenvalue weighted by atomic mass is 16.4. The van der Waals surface area contributed by atoms with Gasteiger partial charge in [0.05, 0.1) is 11.8 Å². The van der Waals surface area contributed by atoms with Gasteiger partial charge in [0.15, 0.2) is 0 Å². The van der Waals surface area contributed by atoms with E-state index in [1.807, 2.05) is 0 Å². The van der Waals surface area contributed by atoms with Gasteiger partial charge in [-0.3, -0.25) is 0 Å². The fraction of sp³-hybridized carbons (Fsp3) is 0.800. The van der Waals surface area contributed by atoms with Crippen LogP contribution in [-0.2, 0) is 0 Å². The summed E-state index contributed by atoms with van der Waals surface area (Å²) in [5.74, 6) is 0.343. The van der Waals surface area contributed by atoms with Gasteiger partial charge in [-0.1, -0.05) is 12.1 Å². The molecule has 0 spiro atoms. The van der Waals surface area contributed by atoms with Crippen molar-refractivity contribution in [2.45, 2.75) is 26.2 Å². The van der Waals surface area contributed by atoms with Gasteiger partial charge in [-0.25, -0.2) is 0 Å². The number of oxime groups is 1. The van der Waals surface area contributed by atoms with Gasteiger partial charge in [-0.15, -0.1) is 0 Å². The molecule has 1 aliphatic rings. The van der Waals surface area contributed by atoms with Crippen molar-refractivity contribution in [2.24, 2.45) is 11.1 Å². The molecular formula is C10H17N3O. The van der Waals surface area contributed by atoms with Gasteiger partial charge in [0.2, 0.25) is 0 Å². The lowest BCUT2D eigenvalue weighted by Gasteiger charge is -2.31. The van der Waals surface area contributed by atoms with Gasteiger partial charge >= 0.3 is 0 Å². The zero-order valence-electron chi connectivity index (χ0n) is 8.61. The van der Waals surface area contributed by atoms with E-state index in [4.69, 9.17) is 10.5 Å². The van der Waals surface area contributed by atoms with Gasteiger partial charge in [-0.2, -0.15) is 5.26 Å². The first-order valence-corrected chi connectivity index (χ1v) is 5.08. The molecule has 1 saturated heterocycles. The monoisotopic (exact) mass is 195 g/mol. The molecule has 0 aromatic carbocycles. The summed E-state index contributed by atoms with van der Waals surface area (Å²) in [5, 5.41) is 20.4. The first-order chi connectivity index (χ1) is 6.77. The molecule has 0 amide bonds. The summed E-state index contributed by atoms with van der Waals surface area (Å²) >= 11 is 0. The normalized spacial score (nSPS) is 26.3. The number of likely N-dealkylation sites (tertiary alicyclic amines) is 1. The molecule has 78 valence electrons. The second-order valence-electron chi connectivity index (χ2n) is 3.80. The third-order valence-corrected chi connectivity index (χ3v) is 2.68. The van der Waals surface area contributed by atoms with Crippen molar-refractivity contribution in [3.8, 4) is 6.07 Å². The van der Waals surface area contributed by atoms with Crippen LogP contribution in [0.1, 0.15) is 26.2 Å². The summed E-state index contributed by atoms with van der Waals surface area (Å²) in [6, 6.07) is 2.15. The topological polar surface area (TPSA) is 59.6 Å². The van der Waals surface area contributed by atoms with Crippen molar-refractivity contribution < 1.29 is 5.21 Å². The average Bonchev–Trinajstić information content (AvgIpc) is 2.18. The summed E-state index contributed by atoms with van der Waals surface area (Å²) in [6.45, 7) is 4.96. The minimum absolute atomic E-state index is 0.343. The quantitative estimate of drug-likeness (QED) is 0.421.